The van der Waals surface area contributed by atoms with Crippen molar-refractivity contribution in [2.45, 2.75) is 12.3 Å². The number of phenolic OH excluding ortho intramolecular Hbond substituents is 1. The van der Waals surface area contributed by atoms with Gasteiger partial charge in [0.1, 0.15) is 5.75 Å². The molecule has 0 aliphatic rings. The van der Waals surface area contributed by atoms with Crippen LogP contribution in [0.3, 0.4) is 0 Å². The molecule has 6 heteroatoms. The van der Waals surface area contributed by atoms with Gasteiger partial charge < -0.3 is 15.0 Å². The summed E-state index contributed by atoms with van der Waals surface area (Å²) in [5.41, 5.74) is 1.60. The quantitative estimate of drug-likeness (QED) is 0.449. The summed E-state index contributed by atoms with van der Waals surface area (Å²) in [5.74, 6) is -1.54. The maximum atomic E-state index is 11.4. The summed E-state index contributed by atoms with van der Waals surface area (Å²) in [5, 5.41) is 21.1. The van der Waals surface area contributed by atoms with Crippen LogP contribution < -0.4 is 34.7 Å². The molecule has 3 nitrogen and oxygen atoms in total. The number of rotatable bonds is 4. The Hall–Kier alpha value is 0.170. The van der Waals surface area contributed by atoms with Crippen LogP contribution >= 0.6 is 45.2 Å². The minimum Gasteiger partial charge on any atom is -0.549 e. The summed E-state index contributed by atoms with van der Waals surface area (Å²) < 4.78 is 1.43. The van der Waals surface area contributed by atoms with Crippen molar-refractivity contribution >= 4 is 51.2 Å². The predicted octanol–water partition coefficient (Wildman–Crippen LogP) is -0.318. The van der Waals surface area contributed by atoms with Gasteiger partial charge in [0.15, 0.2) is 0 Å². The van der Waals surface area contributed by atoms with E-state index in [2.05, 4.69) is 0 Å². The second kappa shape index (κ2) is 8.71. The number of halogens is 2. The molecular weight excluding hydrogens is 505 g/mol. The fraction of sp³-hybridized carbons (Fsp3) is 0.133. The largest absolute Gasteiger partial charge is 1.00 e. The molecule has 0 bridgehead atoms. The minimum absolute atomic E-state index is 0. The van der Waals surface area contributed by atoms with Crippen LogP contribution in [0.15, 0.2) is 42.5 Å². The third kappa shape index (κ3) is 5.09. The maximum Gasteiger partial charge on any atom is 1.00 e. The Morgan fingerprint density at radius 1 is 1.14 bits per heavy atom. The average Bonchev–Trinajstić information content (AvgIpc) is 2.42. The zero-order chi connectivity index (χ0) is 14.7. The first-order valence-corrected chi connectivity index (χ1v) is 8.07. The van der Waals surface area contributed by atoms with E-state index < -0.39 is 11.9 Å². The Morgan fingerprint density at radius 2 is 1.67 bits per heavy atom. The number of aliphatic carboxylic acids is 1. The molecule has 2 aromatic rings. The van der Waals surface area contributed by atoms with Gasteiger partial charge in [0, 0.05) is 11.9 Å². The van der Waals surface area contributed by atoms with Gasteiger partial charge in [-0.1, -0.05) is 30.3 Å². The Balaban J connectivity index is 0.00000220. The van der Waals surface area contributed by atoms with Gasteiger partial charge in [0.05, 0.1) is 7.14 Å². The van der Waals surface area contributed by atoms with Crippen molar-refractivity contribution < 1.29 is 44.6 Å². The van der Waals surface area contributed by atoms with Crippen molar-refractivity contribution in [3.63, 3.8) is 0 Å². The predicted molar refractivity (Wildman–Crippen MR) is 91.4 cm³/mol. The number of aromatic hydroxyl groups is 1. The molecule has 1 atom stereocenters. The van der Waals surface area contributed by atoms with Crippen molar-refractivity contribution in [1.82, 2.24) is 0 Å². The van der Waals surface area contributed by atoms with E-state index in [1.54, 1.807) is 24.3 Å². The molecule has 21 heavy (non-hydrogen) atoms. The SMILES string of the molecule is O=C([O-])C(Cc1cc(I)c(O)c(I)c1)c1ccccc1.[Na+]. The van der Waals surface area contributed by atoms with Gasteiger partial charge in [-0.2, -0.15) is 0 Å². The molecule has 0 saturated carbocycles. The molecule has 0 fully saturated rings. The van der Waals surface area contributed by atoms with Gasteiger partial charge in [-0.3, -0.25) is 0 Å². The van der Waals surface area contributed by atoms with Crippen LogP contribution in [-0.2, 0) is 11.2 Å². The van der Waals surface area contributed by atoms with E-state index in [0.29, 0.717) is 6.42 Å². The molecule has 0 radical (unpaired) electrons. The molecule has 0 aliphatic carbocycles. The third-order valence-electron chi connectivity index (χ3n) is 3.00. The van der Waals surface area contributed by atoms with Gasteiger partial charge in [-0.25, -0.2) is 0 Å². The number of hydrogen-bond acceptors (Lipinski definition) is 3. The zero-order valence-electron chi connectivity index (χ0n) is 11.3. The van der Waals surface area contributed by atoms with Crippen LogP contribution in [0.1, 0.15) is 17.0 Å². The molecule has 0 amide bonds. The van der Waals surface area contributed by atoms with Crippen LogP contribution in [-0.4, -0.2) is 11.1 Å². The van der Waals surface area contributed by atoms with Gasteiger partial charge >= 0.3 is 29.6 Å². The van der Waals surface area contributed by atoms with E-state index in [-0.39, 0.29) is 35.3 Å². The number of benzene rings is 2. The van der Waals surface area contributed by atoms with Gasteiger partial charge in [-0.05, 0) is 74.9 Å². The average molecular weight is 516 g/mol. The first-order valence-electron chi connectivity index (χ1n) is 5.91. The fourth-order valence-corrected chi connectivity index (χ4v) is 3.89. The van der Waals surface area contributed by atoms with Crippen molar-refractivity contribution in [1.29, 1.82) is 0 Å². The maximum absolute atomic E-state index is 11.4. The first kappa shape index (κ1) is 19.2. The smallest absolute Gasteiger partial charge is 0.549 e. The van der Waals surface area contributed by atoms with E-state index in [1.807, 2.05) is 63.4 Å². The van der Waals surface area contributed by atoms with E-state index in [1.165, 1.54) is 0 Å². The topological polar surface area (TPSA) is 60.4 Å². The third-order valence-corrected chi connectivity index (χ3v) is 4.65. The summed E-state index contributed by atoms with van der Waals surface area (Å²) in [7, 11) is 0. The van der Waals surface area contributed by atoms with Crippen molar-refractivity contribution in [2.75, 3.05) is 0 Å². The molecule has 1 unspecified atom stereocenters. The molecule has 0 aliphatic heterocycles. The molecular formula is C15H11I2NaO3. The van der Waals surface area contributed by atoms with Gasteiger partial charge in [0.2, 0.25) is 0 Å². The van der Waals surface area contributed by atoms with Crippen molar-refractivity contribution in [3.8, 4) is 5.75 Å². The Labute approximate surface area is 172 Å². The Kier molecular flexibility index (Phi) is 7.97. The fourth-order valence-electron chi connectivity index (χ4n) is 1.99. The number of phenols is 1. The molecule has 1 N–H and O–H groups in total. The molecule has 2 rings (SSSR count). The normalized spacial score (nSPS) is 11.5. The molecule has 0 heterocycles. The first-order chi connectivity index (χ1) is 9.49. The molecule has 0 spiro atoms. The van der Waals surface area contributed by atoms with Crippen LogP contribution in [0.4, 0.5) is 0 Å². The summed E-state index contributed by atoms with van der Waals surface area (Å²) in [4.78, 5) is 11.4. The van der Waals surface area contributed by atoms with Gasteiger partial charge in [0.25, 0.3) is 0 Å². The van der Waals surface area contributed by atoms with Gasteiger partial charge in [-0.15, -0.1) is 0 Å². The number of hydrogen-bond donors (Lipinski definition) is 1. The van der Waals surface area contributed by atoms with Crippen molar-refractivity contribution in [3.05, 3.63) is 60.7 Å². The molecule has 2 aromatic carbocycles. The van der Waals surface area contributed by atoms with E-state index in [4.69, 9.17) is 0 Å². The number of carbonyl (C=O) groups excluding carboxylic acids is 1. The summed E-state index contributed by atoms with van der Waals surface area (Å²) in [6.45, 7) is 0. The summed E-state index contributed by atoms with van der Waals surface area (Å²) >= 11 is 4.07. The minimum atomic E-state index is -1.09. The number of carboxylic acids is 1. The van der Waals surface area contributed by atoms with Crippen LogP contribution in [0.5, 0.6) is 5.75 Å². The standard InChI is InChI=1S/C15H12I2O3.Na/c16-12-7-9(8-13(17)14(12)18)6-11(15(19)20)10-4-2-1-3-5-10;/h1-5,7-8,11,18H,6H2,(H,19,20);/q;+1/p-1. The summed E-state index contributed by atoms with van der Waals surface area (Å²) in [6.07, 6.45) is 0.346. The van der Waals surface area contributed by atoms with Crippen molar-refractivity contribution in [2.24, 2.45) is 0 Å². The van der Waals surface area contributed by atoms with E-state index in [0.717, 1.165) is 18.3 Å². The zero-order valence-corrected chi connectivity index (χ0v) is 17.7. The Morgan fingerprint density at radius 3 is 2.14 bits per heavy atom. The molecule has 0 aromatic heterocycles. The molecule has 104 valence electrons. The van der Waals surface area contributed by atoms with E-state index >= 15 is 0 Å². The van der Waals surface area contributed by atoms with E-state index in [9.17, 15) is 15.0 Å². The molecule has 0 saturated heterocycles. The monoisotopic (exact) mass is 516 g/mol. The van der Waals surface area contributed by atoms with Crippen LogP contribution in [0.25, 0.3) is 0 Å². The number of carbonyl (C=O) groups is 1. The second-order valence-electron chi connectivity index (χ2n) is 4.39. The Bertz CT molecular complexity index is 609. The summed E-state index contributed by atoms with van der Waals surface area (Å²) in [6, 6.07) is 12.7. The van der Waals surface area contributed by atoms with Crippen LogP contribution in [0, 0.1) is 7.14 Å². The number of carboxylic acid groups (broad SMARTS) is 1. The van der Waals surface area contributed by atoms with Crippen LogP contribution in [0.2, 0.25) is 0 Å². The second-order valence-corrected chi connectivity index (χ2v) is 6.72.